The smallest absolute Gasteiger partial charge is 0.215 e. The van der Waals surface area contributed by atoms with E-state index in [1.165, 1.54) is 0 Å². The van der Waals surface area contributed by atoms with Gasteiger partial charge in [0.1, 0.15) is 12.4 Å². The van der Waals surface area contributed by atoms with Crippen LogP contribution in [0.4, 0.5) is 5.69 Å². The number of rotatable bonds is 9. The van der Waals surface area contributed by atoms with Gasteiger partial charge >= 0.3 is 0 Å². The normalized spacial score (nSPS) is 14.6. The first kappa shape index (κ1) is 17.7. The monoisotopic (exact) mass is 316 g/mol. The standard InChI is InChI=1S/C14H24N2O4S/c1-3-8-14(2,17)11-16-21(18,19)10-9-20-13-6-4-12(15)5-7-13/h4-7,16-17H,3,8-11,15H2,1-2H3. The van der Waals surface area contributed by atoms with E-state index >= 15 is 0 Å². The van der Waals surface area contributed by atoms with Crippen LogP contribution in [0.1, 0.15) is 26.7 Å². The second-order valence-electron chi connectivity index (χ2n) is 5.30. The zero-order valence-corrected chi connectivity index (χ0v) is 13.3. The molecule has 1 unspecified atom stereocenters. The van der Waals surface area contributed by atoms with E-state index in [9.17, 15) is 13.5 Å². The summed E-state index contributed by atoms with van der Waals surface area (Å²) in [6, 6.07) is 6.73. The summed E-state index contributed by atoms with van der Waals surface area (Å²) in [6.45, 7) is 3.59. The van der Waals surface area contributed by atoms with Gasteiger partial charge in [0, 0.05) is 12.2 Å². The van der Waals surface area contributed by atoms with Gasteiger partial charge in [-0.1, -0.05) is 13.3 Å². The van der Waals surface area contributed by atoms with Crippen LogP contribution in [-0.4, -0.2) is 38.0 Å². The zero-order chi connectivity index (χ0) is 15.9. The van der Waals surface area contributed by atoms with Crippen LogP contribution >= 0.6 is 0 Å². The summed E-state index contributed by atoms with van der Waals surface area (Å²) in [5, 5.41) is 9.94. The number of ether oxygens (including phenoxy) is 1. The van der Waals surface area contributed by atoms with E-state index in [0.29, 0.717) is 17.9 Å². The van der Waals surface area contributed by atoms with Crippen molar-refractivity contribution in [3.8, 4) is 5.75 Å². The fraction of sp³-hybridized carbons (Fsp3) is 0.571. The van der Waals surface area contributed by atoms with Gasteiger partial charge in [-0.05, 0) is 37.6 Å². The first-order valence-electron chi connectivity index (χ1n) is 6.92. The van der Waals surface area contributed by atoms with Crippen LogP contribution < -0.4 is 15.2 Å². The molecule has 1 aromatic carbocycles. The number of hydrogen-bond donors (Lipinski definition) is 3. The second kappa shape index (κ2) is 7.63. The number of benzene rings is 1. The SMILES string of the molecule is CCCC(C)(O)CNS(=O)(=O)CCOc1ccc(N)cc1. The first-order valence-corrected chi connectivity index (χ1v) is 8.57. The summed E-state index contributed by atoms with van der Waals surface area (Å²) < 4.78 is 31.3. The number of anilines is 1. The van der Waals surface area contributed by atoms with Crippen molar-refractivity contribution in [2.24, 2.45) is 0 Å². The van der Waals surface area contributed by atoms with Crippen molar-refractivity contribution in [2.45, 2.75) is 32.3 Å². The van der Waals surface area contributed by atoms with E-state index in [-0.39, 0.29) is 18.9 Å². The van der Waals surface area contributed by atoms with Crippen molar-refractivity contribution in [1.29, 1.82) is 0 Å². The molecular weight excluding hydrogens is 292 g/mol. The number of hydrogen-bond acceptors (Lipinski definition) is 5. The fourth-order valence-corrected chi connectivity index (χ4v) is 2.78. The molecule has 0 amide bonds. The van der Waals surface area contributed by atoms with Crippen LogP contribution in [-0.2, 0) is 10.0 Å². The maximum Gasteiger partial charge on any atom is 0.215 e. The Hall–Kier alpha value is -1.31. The molecule has 0 aromatic heterocycles. The van der Waals surface area contributed by atoms with E-state index in [1.54, 1.807) is 31.2 Å². The average molecular weight is 316 g/mol. The third-order valence-corrected chi connectivity index (χ3v) is 4.25. The molecule has 1 rings (SSSR count). The molecule has 0 aliphatic rings. The number of sulfonamides is 1. The van der Waals surface area contributed by atoms with Gasteiger partial charge in [0.25, 0.3) is 0 Å². The third kappa shape index (κ3) is 7.31. The van der Waals surface area contributed by atoms with E-state index in [4.69, 9.17) is 10.5 Å². The predicted molar refractivity (Wildman–Crippen MR) is 83.7 cm³/mol. The zero-order valence-electron chi connectivity index (χ0n) is 12.5. The molecule has 21 heavy (non-hydrogen) atoms. The Bertz CT molecular complexity index is 526. The molecular formula is C14H24N2O4S. The van der Waals surface area contributed by atoms with E-state index in [0.717, 1.165) is 6.42 Å². The van der Waals surface area contributed by atoms with Crippen molar-refractivity contribution in [3.05, 3.63) is 24.3 Å². The van der Waals surface area contributed by atoms with Gasteiger partial charge in [-0.15, -0.1) is 0 Å². The number of aliphatic hydroxyl groups is 1. The van der Waals surface area contributed by atoms with Gasteiger partial charge in [0.05, 0.1) is 11.4 Å². The molecule has 7 heteroatoms. The Morgan fingerprint density at radius 2 is 1.95 bits per heavy atom. The van der Waals surface area contributed by atoms with E-state index in [2.05, 4.69) is 4.72 Å². The second-order valence-corrected chi connectivity index (χ2v) is 7.23. The molecule has 0 saturated carbocycles. The molecule has 120 valence electrons. The lowest BCUT2D eigenvalue weighted by atomic mass is 10.0. The van der Waals surface area contributed by atoms with Crippen LogP contribution in [0.5, 0.6) is 5.75 Å². The minimum atomic E-state index is -3.47. The lowest BCUT2D eigenvalue weighted by Crippen LogP contribution is -2.41. The predicted octanol–water partition coefficient (Wildman–Crippen LogP) is 1.12. The number of nitrogen functional groups attached to an aromatic ring is 1. The largest absolute Gasteiger partial charge is 0.492 e. The molecule has 1 aromatic rings. The third-order valence-electron chi connectivity index (χ3n) is 2.96. The molecule has 0 bridgehead atoms. The first-order chi connectivity index (χ1) is 9.74. The summed E-state index contributed by atoms with van der Waals surface area (Å²) in [7, 11) is -3.47. The molecule has 4 N–H and O–H groups in total. The number of nitrogens with one attached hydrogen (secondary N) is 1. The van der Waals surface area contributed by atoms with Crippen molar-refractivity contribution in [1.82, 2.24) is 4.72 Å². The molecule has 0 heterocycles. The Morgan fingerprint density at radius 1 is 1.33 bits per heavy atom. The van der Waals surface area contributed by atoms with Crippen LogP contribution in [0.2, 0.25) is 0 Å². The van der Waals surface area contributed by atoms with Crippen LogP contribution in [0.15, 0.2) is 24.3 Å². The van der Waals surface area contributed by atoms with Crippen molar-refractivity contribution < 1.29 is 18.3 Å². The molecule has 0 aliphatic heterocycles. The van der Waals surface area contributed by atoms with Crippen LogP contribution in [0, 0.1) is 0 Å². The fourth-order valence-electron chi connectivity index (χ4n) is 1.80. The van der Waals surface area contributed by atoms with Gasteiger partial charge in [-0.3, -0.25) is 0 Å². The van der Waals surface area contributed by atoms with Gasteiger partial charge in [0.2, 0.25) is 10.0 Å². The minimum Gasteiger partial charge on any atom is -0.492 e. The van der Waals surface area contributed by atoms with Gasteiger partial charge in [0.15, 0.2) is 0 Å². The van der Waals surface area contributed by atoms with Gasteiger partial charge in [-0.2, -0.15) is 0 Å². The highest BCUT2D eigenvalue weighted by molar-refractivity contribution is 7.89. The Labute approximate surface area is 126 Å². The molecule has 0 aliphatic carbocycles. The summed E-state index contributed by atoms with van der Waals surface area (Å²) in [5.41, 5.74) is 5.14. The highest BCUT2D eigenvalue weighted by Crippen LogP contribution is 2.13. The van der Waals surface area contributed by atoms with Gasteiger partial charge < -0.3 is 15.6 Å². The maximum atomic E-state index is 11.8. The quantitative estimate of drug-likeness (QED) is 0.593. The molecule has 0 spiro atoms. The summed E-state index contributed by atoms with van der Waals surface area (Å²) >= 11 is 0. The minimum absolute atomic E-state index is 0.00500. The topological polar surface area (TPSA) is 102 Å². The highest BCUT2D eigenvalue weighted by atomic mass is 32.2. The Morgan fingerprint density at radius 3 is 2.52 bits per heavy atom. The lowest BCUT2D eigenvalue weighted by Gasteiger charge is -2.22. The van der Waals surface area contributed by atoms with E-state index in [1.807, 2.05) is 6.92 Å². The van der Waals surface area contributed by atoms with Crippen molar-refractivity contribution >= 4 is 15.7 Å². The van der Waals surface area contributed by atoms with Crippen molar-refractivity contribution in [2.75, 3.05) is 24.6 Å². The Balaban J connectivity index is 2.37. The Kier molecular flexibility index (Phi) is 6.44. The molecule has 6 nitrogen and oxygen atoms in total. The van der Waals surface area contributed by atoms with Crippen LogP contribution in [0.3, 0.4) is 0 Å². The van der Waals surface area contributed by atoms with Crippen molar-refractivity contribution in [3.63, 3.8) is 0 Å². The number of nitrogens with two attached hydrogens (primary N) is 1. The average Bonchev–Trinajstić information content (AvgIpc) is 2.39. The maximum absolute atomic E-state index is 11.8. The summed E-state index contributed by atoms with van der Waals surface area (Å²) in [6.07, 6.45) is 1.33. The van der Waals surface area contributed by atoms with Crippen LogP contribution in [0.25, 0.3) is 0 Å². The summed E-state index contributed by atoms with van der Waals surface area (Å²) in [4.78, 5) is 0. The lowest BCUT2D eigenvalue weighted by molar-refractivity contribution is 0.0554. The molecule has 0 saturated heterocycles. The molecule has 1 atom stereocenters. The van der Waals surface area contributed by atoms with Gasteiger partial charge in [-0.25, -0.2) is 13.1 Å². The highest BCUT2D eigenvalue weighted by Gasteiger charge is 2.22. The summed E-state index contributed by atoms with van der Waals surface area (Å²) in [5.74, 6) is 0.400. The molecule has 0 fully saturated rings. The molecule has 0 radical (unpaired) electrons. The van der Waals surface area contributed by atoms with E-state index < -0.39 is 15.6 Å².